The topological polar surface area (TPSA) is 15.3 Å². The zero-order chi connectivity index (χ0) is 13.9. The van der Waals surface area contributed by atoms with E-state index in [9.17, 15) is 0 Å². The molecule has 2 fully saturated rings. The lowest BCUT2D eigenvalue weighted by molar-refractivity contribution is 0.208. The van der Waals surface area contributed by atoms with Gasteiger partial charge in [-0.15, -0.1) is 0 Å². The van der Waals surface area contributed by atoms with Gasteiger partial charge in [-0.3, -0.25) is 4.90 Å². The predicted molar refractivity (Wildman–Crippen MR) is 85.3 cm³/mol. The van der Waals surface area contributed by atoms with E-state index in [-0.39, 0.29) is 0 Å². The highest BCUT2D eigenvalue weighted by Gasteiger charge is 2.31. The van der Waals surface area contributed by atoms with E-state index in [1.165, 1.54) is 56.3 Å². The van der Waals surface area contributed by atoms with Gasteiger partial charge < -0.3 is 5.32 Å². The zero-order valence-electron chi connectivity index (χ0n) is 12.4. The van der Waals surface area contributed by atoms with Gasteiger partial charge in [0.25, 0.3) is 0 Å². The number of nitrogens with one attached hydrogen (secondary N) is 1. The number of benzene rings is 1. The number of hydrogen-bond donors (Lipinski definition) is 1. The highest BCUT2D eigenvalue weighted by molar-refractivity contribution is 6.31. The summed E-state index contributed by atoms with van der Waals surface area (Å²) in [6.07, 6.45) is 6.75. The molecule has 0 aromatic heterocycles. The maximum atomic E-state index is 6.40. The molecule has 0 spiro atoms. The third-order valence-corrected chi connectivity index (χ3v) is 4.86. The quantitative estimate of drug-likeness (QED) is 0.889. The van der Waals surface area contributed by atoms with Crippen LogP contribution in [-0.2, 0) is 6.54 Å². The van der Waals surface area contributed by atoms with Crippen molar-refractivity contribution in [3.8, 4) is 0 Å². The van der Waals surface area contributed by atoms with Crippen molar-refractivity contribution in [3.05, 3.63) is 34.3 Å². The first kappa shape index (κ1) is 14.4. The lowest BCUT2D eigenvalue weighted by atomic mass is 10.0. The third-order valence-electron chi connectivity index (χ3n) is 4.51. The van der Waals surface area contributed by atoms with Crippen LogP contribution in [0.2, 0.25) is 5.02 Å². The SMILES string of the molecule is Cc1ccc(CN(CC2CCCCN2)C2CC2)c(Cl)c1. The molecule has 1 aliphatic carbocycles. The van der Waals surface area contributed by atoms with Crippen molar-refractivity contribution in [2.45, 2.75) is 57.7 Å². The van der Waals surface area contributed by atoms with Crippen LogP contribution < -0.4 is 5.32 Å². The highest BCUT2D eigenvalue weighted by Crippen LogP contribution is 2.30. The van der Waals surface area contributed by atoms with Crippen LogP contribution in [0.25, 0.3) is 0 Å². The summed E-state index contributed by atoms with van der Waals surface area (Å²) in [5.74, 6) is 0. The van der Waals surface area contributed by atoms with Gasteiger partial charge in [0.05, 0.1) is 0 Å². The molecule has 1 aliphatic heterocycles. The van der Waals surface area contributed by atoms with Crippen molar-refractivity contribution in [2.24, 2.45) is 0 Å². The number of halogens is 1. The standard InChI is InChI=1S/C17H25ClN2/c1-13-5-6-14(17(18)10-13)11-20(16-7-8-16)12-15-4-2-3-9-19-15/h5-6,10,15-16,19H,2-4,7-9,11-12H2,1H3. The van der Waals surface area contributed by atoms with E-state index in [1.54, 1.807) is 0 Å². The monoisotopic (exact) mass is 292 g/mol. The predicted octanol–water partition coefficient (Wildman–Crippen LogP) is 3.75. The van der Waals surface area contributed by atoms with Crippen LogP contribution in [0, 0.1) is 6.92 Å². The Hall–Kier alpha value is -0.570. The average molecular weight is 293 g/mol. The second kappa shape index (κ2) is 6.46. The molecule has 1 saturated heterocycles. The molecule has 2 nitrogen and oxygen atoms in total. The number of hydrogen-bond acceptors (Lipinski definition) is 2. The smallest absolute Gasteiger partial charge is 0.0453 e. The van der Waals surface area contributed by atoms with Gasteiger partial charge in [-0.25, -0.2) is 0 Å². The summed E-state index contributed by atoms with van der Waals surface area (Å²) < 4.78 is 0. The molecule has 1 atom stereocenters. The Morgan fingerprint density at radius 3 is 2.75 bits per heavy atom. The zero-order valence-corrected chi connectivity index (χ0v) is 13.1. The molecule has 3 heteroatoms. The Labute approximate surface area is 127 Å². The molecule has 110 valence electrons. The summed E-state index contributed by atoms with van der Waals surface area (Å²) in [6.45, 7) is 5.46. The van der Waals surface area contributed by atoms with E-state index in [0.717, 1.165) is 17.6 Å². The van der Waals surface area contributed by atoms with Crippen molar-refractivity contribution < 1.29 is 0 Å². The molecule has 3 rings (SSSR count). The van der Waals surface area contributed by atoms with Crippen LogP contribution in [0.4, 0.5) is 0 Å². The maximum absolute atomic E-state index is 6.40. The molecule has 2 aliphatic rings. The van der Waals surface area contributed by atoms with Gasteiger partial charge in [0.15, 0.2) is 0 Å². The number of piperidine rings is 1. The van der Waals surface area contributed by atoms with E-state index < -0.39 is 0 Å². The molecule has 1 heterocycles. The largest absolute Gasteiger partial charge is 0.313 e. The Morgan fingerprint density at radius 1 is 1.25 bits per heavy atom. The van der Waals surface area contributed by atoms with Gasteiger partial charge >= 0.3 is 0 Å². The molecule has 1 N–H and O–H groups in total. The van der Waals surface area contributed by atoms with Crippen LogP contribution in [0.3, 0.4) is 0 Å². The normalized spacial score (nSPS) is 23.2. The summed E-state index contributed by atoms with van der Waals surface area (Å²) in [5, 5.41) is 4.59. The lowest BCUT2D eigenvalue weighted by Crippen LogP contribution is -2.44. The van der Waals surface area contributed by atoms with E-state index in [2.05, 4.69) is 35.3 Å². The van der Waals surface area contributed by atoms with E-state index in [4.69, 9.17) is 11.6 Å². The van der Waals surface area contributed by atoms with Gasteiger partial charge in [0.1, 0.15) is 0 Å². The first-order valence-electron chi connectivity index (χ1n) is 7.95. The fourth-order valence-electron chi connectivity index (χ4n) is 3.14. The minimum absolute atomic E-state index is 0.675. The van der Waals surface area contributed by atoms with E-state index in [1.807, 2.05) is 0 Å². The van der Waals surface area contributed by atoms with Crippen LogP contribution in [-0.4, -0.2) is 30.1 Å². The van der Waals surface area contributed by atoms with Crippen LogP contribution in [0.15, 0.2) is 18.2 Å². The maximum Gasteiger partial charge on any atom is 0.0453 e. The molecular weight excluding hydrogens is 268 g/mol. The Balaban J connectivity index is 1.64. The molecule has 1 aromatic carbocycles. The first-order chi connectivity index (χ1) is 9.72. The lowest BCUT2D eigenvalue weighted by Gasteiger charge is -2.31. The fraction of sp³-hybridized carbons (Fsp3) is 0.647. The van der Waals surface area contributed by atoms with Gasteiger partial charge in [-0.05, 0) is 56.3 Å². The van der Waals surface area contributed by atoms with Crippen molar-refractivity contribution in [2.75, 3.05) is 13.1 Å². The molecule has 0 bridgehead atoms. The third kappa shape index (κ3) is 3.75. The number of rotatable bonds is 5. The minimum Gasteiger partial charge on any atom is -0.313 e. The van der Waals surface area contributed by atoms with Gasteiger partial charge in [-0.2, -0.15) is 0 Å². The Bertz CT molecular complexity index is 450. The van der Waals surface area contributed by atoms with E-state index >= 15 is 0 Å². The molecule has 0 amide bonds. The molecule has 1 aromatic rings. The van der Waals surface area contributed by atoms with E-state index in [0.29, 0.717) is 6.04 Å². The molecule has 1 saturated carbocycles. The van der Waals surface area contributed by atoms with Gasteiger partial charge in [0, 0.05) is 30.2 Å². The van der Waals surface area contributed by atoms with Crippen LogP contribution >= 0.6 is 11.6 Å². The summed E-state index contributed by atoms with van der Waals surface area (Å²) in [6, 6.07) is 7.91. The first-order valence-corrected chi connectivity index (χ1v) is 8.32. The number of nitrogens with zero attached hydrogens (tertiary/aromatic N) is 1. The summed E-state index contributed by atoms with van der Waals surface area (Å²) in [5.41, 5.74) is 2.52. The van der Waals surface area contributed by atoms with Crippen molar-refractivity contribution in [1.29, 1.82) is 0 Å². The minimum atomic E-state index is 0.675. The van der Waals surface area contributed by atoms with Crippen LogP contribution in [0.1, 0.15) is 43.2 Å². The Morgan fingerprint density at radius 2 is 2.10 bits per heavy atom. The van der Waals surface area contributed by atoms with Gasteiger partial charge in [-0.1, -0.05) is 30.2 Å². The van der Waals surface area contributed by atoms with Gasteiger partial charge in [0.2, 0.25) is 0 Å². The summed E-state index contributed by atoms with van der Waals surface area (Å²) in [4.78, 5) is 2.64. The Kier molecular flexibility index (Phi) is 4.65. The second-order valence-corrected chi connectivity index (χ2v) is 6.81. The molecule has 1 unspecified atom stereocenters. The highest BCUT2D eigenvalue weighted by atomic mass is 35.5. The van der Waals surface area contributed by atoms with Crippen LogP contribution in [0.5, 0.6) is 0 Å². The van der Waals surface area contributed by atoms with Crippen molar-refractivity contribution >= 4 is 11.6 Å². The molecular formula is C17H25ClN2. The molecule has 0 radical (unpaired) electrons. The summed E-state index contributed by atoms with van der Waals surface area (Å²) >= 11 is 6.40. The van der Waals surface area contributed by atoms with Crippen molar-refractivity contribution in [3.63, 3.8) is 0 Å². The molecule has 20 heavy (non-hydrogen) atoms. The van der Waals surface area contributed by atoms with Crippen molar-refractivity contribution in [1.82, 2.24) is 10.2 Å². The average Bonchev–Trinajstić information content (AvgIpc) is 3.26. The second-order valence-electron chi connectivity index (χ2n) is 6.40. The summed E-state index contributed by atoms with van der Waals surface area (Å²) in [7, 11) is 0. The number of aryl methyl sites for hydroxylation is 1. The fourth-order valence-corrected chi connectivity index (χ4v) is 3.44.